The van der Waals surface area contributed by atoms with Crippen LogP contribution >= 0.6 is 0 Å². The molecule has 0 nitrogen and oxygen atoms in total. The highest BCUT2D eigenvalue weighted by Crippen LogP contribution is 2.41. The van der Waals surface area contributed by atoms with Crippen LogP contribution in [-0.2, 0) is 0 Å². The van der Waals surface area contributed by atoms with E-state index < -0.39 is 0 Å². The summed E-state index contributed by atoms with van der Waals surface area (Å²) in [6.45, 7) is 4.39. The summed E-state index contributed by atoms with van der Waals surface area (Å²) < 4.78 is 0. The number of rotatable bonds is 0. The van der Waals surface area contributed by atoms with E-state index >= 15 is 0 Å². The molecule has 0 aliphatic carbocycles. The van der Waals surface area contributed by atoms with Gasteiger partial charge in [0, 0.05) is 0 Å². The predicted molar refractivity (Wildman–Crippen MR) is 97.1 cm³/mol. The minimum absolute atomic E-state index is 1.33. The molecule has 0 heteroatoms. The average molecular weight is 280 g/mol. The van der Waals surface area contributed by atoms with Crippen molar-refractivity contribution >= 4 is 43.1 Å². The van der Waals surface area contributed by atoms with Crippen molar-refractivity contribution in [3.8, 4) is 0 Å². The SMILES string of the molecule is Cc1cc2cccc3c4cccc5c(C)ccc(c(c1)c23)c54. The van der Waals surface area contributed by atoms with E-state index in [0.29, 0.717) is 0 Å². The van der Waals surface area contributed by atoms with E-state index in [0.717, 1.165) is 0 Å². The lowest BCUT2D eigenvalue weighted by molar-refractivity contribution is 1.52. The Morgan fingerprint density at radius 2 is 1.23 bits per heavy atom. The molecule has 0 saturated heterocycles. The normalized spacial score (nSPS) is 12.1. The molecule has 22 heavy (non-hydrogen) atoms. The van der Waals surface area contributed by atoms with Crippen LogP contribution in [0.15, 0.2) is 60.7 Å². The highest BCUT2D eigenvalue weighted by Gasteiger charge is 2.13. The Kier molecular flexibility index (Phi) is 2.17. The molecule has 5 aromatic carbocycles. The molecule has 104 valence electrons. The molecular formula is C22H16. The van der Waals surface area contributed by atoms with Crippen LogP contribution in [0.4, 0.5) is 0 Å². The molecule has 0 unspecified atom stereocenters. The third kappa shape index (κ3) is 1.37. The van der Waals surface area contributed by atoms with E-state index in [1.54, 1.807) is 0 Å². The summed E-state index contributed by atoms with van der Waals surface area (Å²) in [6.07, 6.45) is 0. The molecule has 0 N–H and O–H groups in total. The van der Waals surface area contributed by atoms with Gasteiger partial charge in [-0.05, 0) is 68.1 Å². The summed E-state index contributed by atoms with van der Waals surface area (Å²) >= 11 is 0. The molecule has 5 aromatic rings. The lowest BCUT2D eigenvalue weighted by Gasteiger charge is -2.15. The van der Waals surface area contributed by atoms with Crippen molar-refractivity contribution in [1.82, 2.24) is 0 Å². The van der Waals surface area contributed by atoms with E-state index in [4.69, 9.17) is 0 Å². The van der Waals surface area contributed by atoms with Crippen molar-refractivity contribution in [2.24, 2.45) is 0 Å². The standard InChI is InChI=1S/C22H16/c1-13-11-15-5-3-7-17-18-8-4-6-16-14(2)9-10-19(22(16)18)20(12-13)21(15)17/h3-12H,1-2H3. The lowest BCUT2D eigenvalue weighted by atomic mass is 9.88. The van der Waals surface area contributed by atoms with Crippen molar-refractivity contribution < 1.29 is 0 Å². The summed E-state index contributed by atoms with van der Waals surface area (Å²) in [5.74, 6) is 0. The highest BCUT2D eigenvalue weighted by atomic mass is 14.2. The smallest absolute Gasteiger partial charge is 0.00237 e. The number of hydrogen-bond donors (Lipinski definition) is 0. The van der Waals surface area contributed by atoms with Crippen LogP contribution in [0, 0.1) is 13.8 Å². The summed E-state index contributed by atoms with van der Waals surface area (Å²) in [5, 5.41) is 11.0. The van der Waals surface area contributed by atoms with Crippen LogP contribution in [0.2, 0.25) is 0 Å². The third-order valence-electron chi connectivity index (χ3n) is 4.96. The Bertz CT molecular complexity index is 1180. The highest BCUT2D eigenvalue weighted by molar-refractivity contribution is 6.33. The first kappa shape index (κ1) is 12.0. The molecular weight excluding hydrogens is 264 g/mol. The molecule has 0 atom stereocenters. The monoisotopic (exact) mass is 280 g/mol. The molecule has 0 saturated carbocycles. The quantitative estimate of drug-likeness (QED) is 0.229. The molecule has 0 aliphatic heterocycles. The van der Waals surface area contributed by atoms with Crippen molar-refractivity contribution in [1.29, 1.82) is 0 Å². The number of fused-ring (bicyclic) bond motifs is 2. The zero-order valence-corrected chi connectivity index (χ0v) is 12.8. The van der Waals surface area contributed by atoms with Crippen LogP contribution in [0.3, 0.4) is 0 Å². The van der Waals surface area contributed by atoms with Crippen molar-refractivity contribution in [3.63, 3.8) is 0 Å². The maximum atomic E-state index is 2.34. The molecule has 0 radical (unpaired) electrons. The number of aryl methyl sites for hydroxylation is 2. The van der Waals surface area contributed by atoms with Crippen molar-refractivity contribution in [2.45, 2.75) is 13.8 Å². The van der Waals surface area contributed by atoms with Gasteiger partial charge >= 0.3 is 0 Å². The van der Waals surface area contributed by atoms with Gasteiger partial charge in [-0.15, -0.1) is 0 Å². The zero-order chi connectivity index (χ0) is 14.8. The van der Waals surface area contributed by atoms with Crippen LogP contribution < -0.4 is 0 Å². The van der Waals surface area contributed by atoms with Gasteiger partial charge in [-0.25, -0.2) is 0 Å². The third-order valence-corrected chi connectivity index (χ3v) is 4.96. The summed E-state index contributed by atoms with van der Waals surface area (Å²) in [5.41, 5.74) is 2.68. The Hall–Kier alpha value is -2.60. The maximum absolute atomic E-state index is 2.34. The zero-order valence-electron chi connectivity index (χ0n) is 12.8. The van der Waals surface area contributed by atoms with E-state index in [2.05, 4.69) is 74.5 Å². The van der Waals surface area contributed by atoms with Crippen LogP contribution in [0.25, 0.3) is 43.1 Å². The Morgan fingerprint density at radius 3 is 2.09 bits per heavy atom. The van der Waals surface area contributed by atoms with Crippen molar-refractivity contribution in [3.05, 3.63) is 71.8 Å². The first-order valence-electron chi connectivity index (χ1n) is 7.80. The average Bonchev–Trinajstić information content (AvgIpc) is 2.53. The summed E-state index contributed by atoms with van der Waals surface area (Å²) in [6, 6.07) is 22.6. The molecule has 0 heterocycles. The molecule has 0 bridgehead atoms. The first-order chi connectivity index (χ1) is 10.7. The Balaban J connectivity index is 2.28. The lowest BCUT2D eigenvalue weighted by Crippen LogP contribution is -1.89. The van der Waals surface area contributed by atoms with Gasteiger partial charge in [-0.2, -0.15) is 0 Å². The minimum Gasteiger partial charge on any atom is -0.0610 e. The molecule has 0 spiro atoms. The first-order valence-corrected chi connectivity index (χ1v) is 7.80. The van der Waals surface area contributed by atoms with Gasteiger partial charge in [0.2, 0.25) is 0 Å². The van der Waals surface area contributed by atoms with Gasteiger partial charge < -0.3 is 0 Å². The predicted octanol–water partition coefficient (Wildman–Crippen LogP) is 6.35. The molecule has 0 fully saturated rings. The number of hydrogen-bond acceptors (Lipinski definition) is 0. The van der Waals surface area contributed by atoms with E-state index in [9.17, 15) is 0 Å². The van der Waals surface area contributed by atoms with Gasteiger partial charge in [-0.1, -0.05) is 60.7 Å². The van der Waals surface area contributed by atoms with Crippen molar-refractivity contribution in [2.75, 3.05) is 0 Å². The van der Waals surface area contributed by atoms with Gasteiger partial charge in [0.1, 0.15) is 0 Å². The van der Waals surface area contributed by atoms with Gasteiger partial charge in [0.25, 0.3) is 0 Å². The Morgan fingerprint density at radius 1 is 0.545 bits per heavy atom. The molecule has 0 amide bonds. The topological polar surface area (TPSA) is 0 Å². The second kappa shape index (κ2) is 3.98. The van der Waals surface area contributed by atoms with Crippen LogP contribution in [0.1, 0.15) is 11.1 Å². The molecule has 0 aliphatic rings. The van der Waals surface area contributed by atoms with Gasteiger partial charge in [0.05, 0.1) is 0 Å². The number of benzene rings is 5. The fourth-order valence-electron chi connectivity index (χ4n) is 4.02. The fraction of sp³-hybridized carbons (Fsp3) is 0.0909. The molecule has 0 aromatic heterocycles. The second-order valence-electron chi connectivity index (χ2n) is 6.37. The molecule has 5 rings (SSSR count). The van der Waals surface area contributed by atoms with Gasteiger partial charge in [-0.3, -0.25) is 0 Å². The van der Waals surface area contributed by atoms with Crippen LogP contribution in [0.5, 0.6) is 0 Å². The van der Waals surface area contributed by atoms with E-state index in [1.807, 2.05) is 0 Å². The summed E-state index contributed by atoms with van der Waals surface area (Å²) in [4.78, 5) is 0. The summed E-state index contributed by atoms with van der Waals surface area (Å²) in [7, 11) is 0. The fourth-order valence-corrected chi connectivity index (χ4v) is 4.02. The van der Waals surface area contributed by atoms with Gasteiger partial charge in [0.15, 0.2) is 0 Å². The Labute approximate surface area is 129 Å². The van der Waals surface area contributed by atoms with E-state index in [1.165, 1.54) is 54.2 Å². The minimum atomic E-state index is 1.33. The second-order valence-corrected chi connectivity index (χ2v) is 6.37. The van der Waals surface area contributed by atoms with E-state index in [-0.39, 0.29) is 0 Å². The van der Waals surface area contributed by atoms with Crippen LogP contribution in [-0.4, -0.2) is 0 Å². The maximum Gasteiger partial charge on any atom is -0.00237 e. The largest absolute Gasteiger partial charge is 0.0610 e.